The Morgan fingerprint density at radius 3 is 2.18 bits per heavy atom. The number of benzene rings is 1. The Morgan fingerprint density at radius 2 is 1.51 bits per heavy atom. The Bertz CT molecular complexity index is 2600. The summed E-state index contributed by atoms with van der Waals surface area (Å²) in [6.45, 7) is 6.72. The number of unbranched alkanes of at least 4 members (excludes halogenated alkanes) is 1. The number of hydrogen-bond donors (Lipinski definition) is 5. The first-order chi connectivity index (χ1) is 35.7. The highest BCUT2D eigenvalue weighted by Gasteiger charge is 2.63. The molecule has 1 aromatic carbocycles. The van der Waals surface area contributed by atoms with Crippen LogP contribution in [-0.4, -0.2) is 162 Å². The van der Waals surface area contributed by atoms with Gasteiger partial charge in [0.2, 0.25) is 29.5 Å². The molecule has 2 fully saturated rings. The van der Waals surface area contributed by atoms with Crippen LogP contribution in [0, 0.1) is 18.8 Å². The number of anilines is 1. The number of carbonyl (C=O) groups excluding carboxylic acids is 7. The van der Waals surface area contributed by atoms with Gasteiger partial charge in [-0.05, 0) is 83.3 Å². The smallest absolute Gasteiger partial charge is 0.322 e. The second-order valence-electron chi connectivity index (χ2n) is 18.0. The van der Waals surface area contributed by atoms with Crippen LogP contribution in [0.15, 0.2) is 47.3 Å². The largest absolute Gasteiger partial charge is 0.468 e. The van der Waals surface area contributed by atoms with Gasteiger partial charge in [-0.1, -0.05) is 31.9 Å². The Kier molecular flexibility index (Phi) is 21.9. The SMILES string of the molecule is CCCCC1[C@@H]2[C@H]1C[C@@H](C(=O)Nc1nc(Br)ccc1C)N2C(=O)Cn1nc(C(C)=O)c2cc(-c3cnc(CNC(=O)COCCOCCNC(=O)COCCOCCNC(=O)CC[C@H](N)C(=O)OC)nc3)ccc21. The van der Waals surface area contributed by atoms with Gasteiger partial charge >= 0.3 is 5.97 Å². The number of Topliss-reactive ketones (excluding diaryl/α,β-unsaturated/α-hetero) is 1. The number of carbonyl (C=O) groups is 7. The summed E-state index contributed by atoms with van der Waals surface area (Å²) in [5.74, 6) is -0.928. The third kappa shape index (κ3) is 16.3. The van der Waals surface area contributed by atoms with Crippen molar-refractivity contribution in [2.24, 2.45) is 17.6 Å². The number of halogens is 1. The van der Waals surface area contributed by atoms with Gasteiger partial charge in [0.25, 0.3) is 0 Å². The quantitative estimate of drug-likeness (QED) is 0.0209. The standard InChI is InChI=1S/C50H66BrN11O12/c1-5-6-7-34-35-23-39(49(68)59-48-30(2)8-12-40(51)58-48)62(47(34)35)45(67)27-61-38-11-9-32(22-36(38)46(60-61)31(3)63)33-24-55-41(56-25-33)26-57-44(66)29-74-21-19-72-17-15-54-43(65)28-73-20-18-71-16-14-53-42(64)13-10-37(52)50(69)70-4/h8-9,11-12,22,24-25,34-35,37,39,47H,5-7,10,13-21,23,26-29,52H2,1-4H3,(H,53,64)(H,54,65)(H,57,66)(H,58,59,68)/t34?,35-,37-,39-,47+/m0/s1. The normalized spacial score (nSPS) is 17.1. The van der Waals surface area contributed by atoms with Crippen LogP contribution in [-0.2, 0) is 65.5 Å². The van der Waals surface area contributed by atoms with Crippen molar-refractivity contribution < 1.29 is 57.2 Å². The number of nitrogens with zero attached hydrogens (tertiary/aromatic N) is 6. The third-order valence-corrected chi connectivity index (χ3v) is 13.1. The summed E-state index contributed by atoms with van der Waals surface area (Å²) in [5, 5.41) is 16.2. The molecule has 0 bridgehead atoms. The number of ether oxygens (including phenoxy) is 5. The fraction of sp³-hybridized carbons (Fsp3) is 0.540. The van der Waals surface area contributed by atoms with Gasteiger partial charge in [0.1, 0.15) is 53.8 Å². The first-order valence-corrected chi connectivity index (χ1v) is 25.5. The molecule has 1 unspecified atom stereocenters. The molecule has 6 N–H and O–H groups in total. The van der Waals surface area contributed by atoms with Crippen molar-refractivity contribution in [3.8, 4) is 11.1 Å². The molecule has 4 heterocycles. The number of rotatable bonds is 31. The number of fused-ring (bicyclic) bond motifs is 2. The van der Waals surface area contributed by atoms with Crippen LogP contribution in [0.25, 0.3) is 22.0 Å². The summed E-state index contributed by atoms with van der Waals surface area (Å²) in [7, 11) is 1.23. The minimum Gasteiger partial charge on any atom is -0.468 e. The number of aryl methyl sites for hydroxylation is 1. The molecule has 1 saturated carbocycles. The van der Waals surface area contributed by atoms with Crippen molar-refractivity contribution in [1.82, 2.24) is 45.6 Å². The molecule has 400 valence electrons. The highest BCUT2D eigenvalue weighted by Crippen LogP contribution is 2.56. The van der Waals surface area contributed by atoms with Crippen LogP contribution in [0.3, 0.4) is 0 Å². The topological polar surface area (TPSA) is 300 Å². The molecule has 1 aliphatic carbocycles. The molecular weight excluding hydrogens is 1030 g/mol. The monoisotopic (exact) mass is 1090 g/mol. The molecule has 3 aromatic heterocycles. The number of pyridine rings is 1. The number of nitrogens with one attached hydrogen (secondary N) is 4. The summed E-state index contributed by atoms with van der Waals surface area (Å²) in [5.41, 5.74) is 8.59. The molecule has 0 radical (unpaired) electrons. The number of likely N-dealkylation sites (tertiary alicyclic amines) is 1. The zero-order valence-corrected chi connectivity index (χ0v) is 43.8. The van der Waals surface area contributed by atoms with Gasteiger partial charge in [0.05, 0.1) is 58.8 Å². The molecule has 2 aliphatic rings. The van der Waals surface area contributed by atoms with E-state index < -0.39 is 18.1 Å². The summed E-state index contributed by atoms with van der Waals surface area (Å²) in [6.07, 6.45) is 7.16. The lowest BCUT2D eigenvalue weighted by molar-refractivity contribution is -0.142. The average molecular weight is 1090 g/mol. The number of amides is 5. The van der Waals surface area contributed by atoms with Crippen molar-refractivity contribution in [3.63, 3.8) is 0 Å². The second kappa shape index (κ2) is 28.4. The van der Waals surface area contributed by atoms with Crippen LogP contribution < -0.4 is 27.0 Å². The van der Waals surface area contributed by atoms with Gasteiger partial charge in [-0.3, -0.25) is 38.2 Å². The first-order valence-electron chi connectivity index (χ1n) is 24.7. The fourth-order valence-electron chi connectivity index (χ4n) is 8.72. The highest BCUT2D eigenvalue weighted by molar-refractivity contribution is 9.10. The van der Waals surface area contributed by atoms with E-state index in [1.165, 1.54) is 14.0 Å². The van der Waals surface area contributed by atoms with Crippen LogP contribution in [0.1, 0.15) is 74.2 Å². The van der Waals surface area contributed by atoms with Gasteiger partial charge in [-0.2, -0.15) is 5.10 Å². The fourth-order valence-corrected chi connectivity index (χ4v) is 9.03. The average Bonchev–Trinajstić information content (AvgIpc) is 3.69. The number of piperidine rings is 1. The lowest BCUT2D eigenvalue weighted by atomic mass is 10.0. The summed E-state index contributed by atoms with van der Waals surface area (Å²) in [6, 6.07) is 7.58. The highest BCUT2D eigenvalue weighted by atomic mass is 79.9. The minimum atomic E-state index is -0.848. The van der Waals surface area contributed by atoms with Gasteiger partial charge < -0.3 is 55.6 Å². The van der Waals surface area contributed by atoms with Crippen molar-refractivity contribution in [2.75, 3.05) is 78.4 Å². The Morgan fingerprint density at radius 1 is 0.851 bits per heavy atom. The van der Waals surface area contributed by atoms with Crippen molar-refractivity contribution in [3.05, 3.63) is 64.4 Å². The Hall–Kier alpha value is -6.31. The number of ketones is 1. The Labute approximate surface area is 437 Å². The lowest BCUT2D eigenvalue weighted by Crippen LogP contribution is -2.47. The summed E-state index contributed by atoms with van der Waals surface area (Å²) >= 11 is 3.38. The summed E-state index contributed by atoms with van der Waals surface area (Å²) in [4.78, 5) is 104. The van der Waals surface area contributed by atoms with E-state index in [2.05, 4.69) is 68.9 Å². The first kappa shape index (κ1) is 57.0. The maximum Gasteiger partial charge on any atom is 0.322 e. The van der Waals surface area contributed by atoms with Gasteiger partial charge in [-0.15, -0.1) is 0 Å². The maximum atomic E-state index is 14.3. The molecule has 74 heavy (non-hydrogen) atoms. The van der Waals surface area contributed by atoms with Crippen LogP contribution in [0.2, 0.25) is 0 Å². The van der Waals surface area contributed by atoms with Crippen LogP contribution in [0.5, 0.6) is 0 Å². The molecule has 6 rings (SSSR count). The number of esters is 1. The van der Waals surface area contributed by atoms with Gasteiger partial charge in [-0.25, -0.2) is 15.0 Å². The van der Waals surface area contributed by atoms with Crippen molar-refractivity contribution >= 4 is 73.9 Å². The van der Waals surface area contributed by atoms with E-state index in [-0.39, 0.29) is 145 Å². The van der Waals surface area contributed by atoms with E-state index in [9.17, 15) is 33.6 Å². The van der Waals surface area contributed by atoms with E-state index in [1.54, 1.807) is 34.1 Å². The predicted molar refractivity (Wildman–Crippen MR) is 272 cm³/mol. The van der Waals surface area contributed by atoms with E-state index >= 15 is 0 Å². The van der Waals surface area contributed by atoms with Crippen molar-refractivity contribution in [1.29, 1.82) is 0 Å². The molecule has 24 heteroatoms. The lowest BCUT2D eigenvalue weighted by Gasteiger charge is -2.28. The molecule has 1 aliphatic heterocycles. The van der Waals surface area contributed by atoms with Crippen LogP contribution >= 0.6 is 15.9 Å². The van der Waals surface area contributed by atoms with E-state index in [4.69, 9.17) is 24.7 Å². The third-order valence-electron chi connectivity index (χ3n) is 12.6. The minimum absolute atomic E-state index is 0.0327. The van der Waals surface area contributed by atoms with Gasteiger partial charge in [0, 0.05) is 55.8 Å². The van der Waals surface area contributed by atoms with Crippen LogP contribution in [0.4, 0.5) is 5.82 Å². The maximum absolute atomic E-state index is 14.3. The molecule has 1 saturated heterocycles. The van der Waals surface area contributed by atoms with E-state index in [1.807, 2.05) is 25.1 Å². The molecule has 4 aromatic rings. The molecule has 5 amide bonds. The molecule has 0 spiro atoms. The number of aromatic nitrogens is 5. The molecular formula is C50H66BrN11O12. The predicted octanol–water partition coefficient (Wildman–Crippen LogP) is 2.40. The molecule has 23 nitrogen and oxygen atoms in total. The van der Waals surface area contributed by atoms with Gasteiger partial charge in [0.15, 0.2) is 5.78 Å². The zero-order chi connectivity index (χ0) is 53.1. The molecule has 5 atom stereocenters. The van der Waals surface area contributed by atoms with E-state index in [0.717, 1.165) is 30.4 Å². The Balaban J connectivity index is 0.870. The number of nitrogens with two attached hydrogens (primary N) is 1. The van der Waals surface area contributed by atoms with E-state index in [0.29, 0.717) is 45.1 Å². The summed E-state index contributed by atoms with van der Waals surface area (Å²) < 4.78 is 28.1. The van der Waals surface area contributed by atoms with Crippen molar-refractivity contribution in [2.45, 2.75) is 90.5 Å². The zero-order valence-electron chi connectivity index (χ0n) is 42.2. The second-order valence-corrected chi connectivity index (χ2v) is 18.8. The number of hydrogen-bond acceptors (Lipinski definition) is 17. The number of methoxy groups -OCH3 is 1.